The summed E-state index contributed by atoms with van der Waals surface area (Å²) in [5.74, 6) is 1.33. The Hall–Kier alpha value is -3.09. The quantitative estimate of drug-likeness (QED) is 0.563. The molecule has 7 heteroatoms. The van der Waals surface area contributed by atoms with E-state index in [2.05, 4.69) is 22.7 Å². The first-order valence-electron chi connectivity index (χ1n) is 11.1. The van der Waals surface area contributed by atoms with Crippen molar-refractivity contribution >= 4 is 17.9 Å². The van der Waals surface area contributed by atoms with Gasteiger partial charge in [-0.05, 0) is 41.7 Å². The summed E-state index contributed by atoms with van der Waals surface area (Å²) in [4.78, 5) is 34.3. The molecular formula is C24H29N5O2. The van der Waals surface area contributed by atoms with Crippen molar-refractivity contribution in [2.24, 2.45) is 13.0 Å². The van der Waals surface area contributed by atoms with Gasteiger partial charge in [0.2, 0.25) is 11.8 Å². The molecule has 3 aliphatic rings. The van der Waals surface area contributed by atoms with Crippen LogP contribution in [0.25, 0.3) is 6.08 Å². The third kappa shape index (κ3) is 3.84. The lowest BCUT2D eigenvalue weighted by molar-refractivity contribution is -0.135. The molecule has 2 aromatic heterocycles. The zero-order valence-electron chi connectivity index (χ0n) is 18.3. The average Bonchev–Trinajstić information content (AvgIpc) is 3.52. The first kappa shape index (κ1) is 19.8. The van der Waals surface area contributed by atoms with Crippen molar-refractivity contribution in [1.29, 1.82) is 0 Å². The average molecular weight is 420 g/mol. The molecule has 0 aromatic carbocycles. The van der Waals surface area contributed by atoms with Crippen molar-refractivity contribution in [3.8, 4) is 0 Å². The van der Waals surface area contributed by atoms with Gasteiger partial charge in [0.25, 0.3) is 0 Å². The van der Waals surface area contributed by atoms with E-state index in [1.165, 1.54) is 11.1 Å². The summed E-state index contributed by atoms with van der Waals surface area (Å²) in [5.41, 5.74) is 4.60. The molecule has 1 unspecified atom stereocenters. The molecule has 0 radical (unpaired) electrons. The summed E-state index contributed by atoms with van der Waals surface area (Å²) in [6.07, 6.45) is 12.1. The summed E-state index contributed by atoms with van der Waals surface area (Å²) in [6, 6.07) is 1.98. The van der Waals surface area contributed by atoms with Crippen molar-refractivity contribution in [3.63, 3.8) is 0 Å². The molecule has 2 amide bonds. The molecule has 0 saturated carbocycles. The van der Waals surface area contributed by atoms with Gasteiger partial charge in [-0.15, -0.1) is 0 Å². The van der Waals surface area contributed by atoms with Crippen LogP contribution < -0.4 is 0 Å². The van der Waals surface area contributed by atoms with Gasteiger partial charge in [-0.1, -0.05) is 6.92 Å². The van der Waals surface area contributed by atoms with Crippen LogP contribution in [0.15, 0.2) is 41.9 Å². The maximum Gasteiger partial charge on any atom is 0.247 e. The molecule has 0 fully saturated rings. The van der Waals surface area contributed by atoms with E-state index in [1.54, 1.807) is 6.08 Å². The summed E-state index contributed by atoms with van der Waals surface area (Å²) >= 11 is 0. The van der Waals surface area contributed by atoms with Crippen LogP contribution in [0.3, 0.4) is 0 Å². The number of rotatable bonds is 4. The Kier molecular flexibility index (Phi) is 5.04. The largest absolute Gasteiger partial charge is 0.357 e. The molecule has 0 N–H and O–H groups in total. The lowest BCUT2D eigenvalue weighted by atomic mass is 9.96. The normalized spacial score (nSPS) is 20.6. The van der Waals surface area contributed by atoms with Crippen LogP contribution in [0.1, 0.15) is 30.4 Å². The van der Waals surface area contributed by atoms with Crippen LogP contribution in [0.4, 0.5) is 0 Å². The summed E-state index contributed by atoms with van der Waals surface area (Å²) < 4.78 is 4.17. The zero-order valence-corrected chi connectivity index (χ0v) is 18.3. The fourth-order valence-corrected chi connectivity index (χ4v) is 4.92. The molecule has 0 aliphatic carbocycles. The van der Waals surface area contributed by atoms with E-state index >= 15 is 0 Å². The topological polar surface area (TPSA) is 63.4 Å². The summed E-state index contributed by atoms with van der Waals surface area (Å²) in [7, 11) is 1.96. The van der Waals surface area contributed by atoms with E-state index in [1.807, 2.05) is 46.0 Å². The third-order valence-electron chi connectivity index (χ3n) is 6.69. The predicted octanol–water partition coefficient (Wildman–Crippen LogP) is 2.04. The molecule has 0 bridgehead atoms. The van der Waals surface area contributed by atoms with Crippen LogP contribution in [-0.4, -0.2) is 61.9 Å². The molecule has 1 atom stereocenters. The zero-order chi connectivity index (χ0) is 21.5. The SMILES string of the molecule is CCc1cn2c(n1)CC(C(=O)N1CC3=C(CN(C(=O)/C=C/c4ccn(C)c4)C3)C1)CC2. The maximum atomic E-state index is 13.2. The number of fused-ring (bicyclic) bond motifs is 1. The molecule has 5 rings (SSSR count). The third-order valence-corrected chi connectivity index (χ3v) is 6.69. The Morgan fingerprint density at radius 3 is 2.55 bits per heavy atom. The van der Waals surface area contributed by atoms with Crippen molar-refractivity contribution in [1.82, 2.24) is 23.9 Å². The van der Waals surface area contributed by atoms with Crippen LogP contribution in [0.2, 0.25) is 0 Å². The molecule has 7 nitrogen and oxygen atoms in total. The van der Waals surface area contributed by atoms with Gasteiger partial charge in [0, 0.05) is 76.8 Å². The van der Waals surface area contributed by atoms with E-state index in [0.717, 1.165) is 42.9 Å². The number of carbonyl (C=O) groups is 2. The first-order chi connectivity index (χ1) is 15.0. The molecule has 2 aromatic rings. The van der Waals surface area contributed by atoms with Crippen LogP contribution in [0.5, 0.6) is 0 Å². The van der Waals surface area contributed by atoms with Crippen molar-refractivity contribution in [2.75, 3.05) is 26.2 Å². The molecule has 0 spiro atoms. The summed E-state index contributed by atoms with van der Waals surface area (Å²) in [5, 5.41) is 0. The Bertz CT molecular complexity index is 1070. The second-order valence-electron chi connectivity index (χ2n) is 8.92. The smallest absolute Gasteiger partial charge is 0.247 e. The number of amides is 2. The van der Waals surface area contributed by atoms with Crippen LogP contribution >= 0.6 is 0 Å². The van der Waals surface area contributed by atoms with Gasteiger partial charge in [0.05, 0.1) is 5.69 Å². The molecule has 162 valence electrons. The number of imidazole rings is 1. The van der Waals surface area contributed by atoms with Crippen LogP contribution in [-0.2, 0) is 36.0 Å². The highest BCUT2D eigenvalue weighted by Crippen LogP contribution is 2.29. The van der Waals surface area contributed by atoms with E-state index in [9.17, 15) is 9.59 Å². The molecule has 3 aliphatic heterocycles. The Balaban J connectivity index is 1.15. The Morgan fingerprint density at radius 2 is 1.87 bits per heavy atom. The second kappa shape index (κ2) is 7.87. The highest BCUT2D eigenvalue weighted by molar-refractivity contribution is 5.92. The minimum Gasteiger partial charge on any atom is -0.357 e. The maximum absolute atomic E-state index is 13.2. The molecule has 31 heavy (non-hydrogen) atoms. The number of carbonyl (C=O) groups excluding carboxylic acids is 2. The lowest BCUT2D eigenvalue weighted by Crippen LogP contribution is -2.40. The highest BCUT2D eigenvalue weighted by atomic mass is 16.2. The Labute approximate surface area is 182 Å². The number of aromatic nitrogens is 3. The molecular weight excluding hydrogens is 390 g/mol. The lowest BCUT2D eigenvalue weighted by Gasteiger charge is -2.28. The van der Waals surface area contributed by atoms with Gasteiger partial charge in [-0.2, -0.15) is 0 Å². The standard InChI is InChI=1S/C24H29N5O2/c1-3-21-16-27-9-7-18(10-22(27)25-21)24(31)29-14-19-12-28(13-20(19)15-29)23(30)5-4-17-6-8-26(2)11-17/h4-6,8,11,16,18H,3,7,9-10,12-15H2,1-2H3/b5-4+. The number of nitrogens with zero attached hydrogens (tertiary/aromatic N) is 5. The van der Waals surface area contributed by atoms with Gasteiger partial charge < -0.3 is 18.9 Å². The summed E-state index contributed by atoms with van der Waals surface area (Å²) in [6.45, 7) is 5.56. The number of hydrogen-bond acceptors (Lipinski definition) is 3. The van der Waals surface area contributed by atoms with Gasteiger partial charge in [0.1, 0.15) is 5.82 Å². The minimum absolute atomic E-state index is 0.0196. The fraction of sp³-hybridized carbons (Fsp3) is 0.458. The molecule has 5 heterocycles. The van der Waals surface area contributed by atoms with Crippen LogP contribution in [0, 0.1) is 5.92 Å². The van der Waals surface area contributed by atoms with Crippen molar-refractivity contribution in [2.45, 2.75) is 32.7 Å². The fourth-order valence-electron chi connectivity index (χ4n) is 4.92. The number of hydrogen-bond donors (Lipinski definition) is 0. The monoisotopic (exact) mass is 419 g/mol. The Morgan fingerprint density at radius 1 is 1.13 bits per heavy atom. The van der Waals surface area contributed by atoms with Crippen molar-refractivity contribution < 1.29 is 9.59 Å². The van der Waals surface area contributed by atoms with Gasteiger partial charge in [0.15, 0.2) is 0 Å². The van der Waals surface area contributed by atoms with Gasteiger partial charge in [-0.25, -0.2) is 4.98 Å². The van der Waals surface area contributed by atoms with Gasteiger partial charge in [-0.3, -0.25) is 9.59 Å². The van der Waals surface area contributed by atoms with E-state index in [-0.39, 0.29) is 17.7 Å². The predicted molar refractivity (Wildman–Crippen MR) is 118 cm³/mol. The van der Waals surface area contributed by atoms with E-state index < -0.39 is 0 Å². The first-order valence-corrected chi connectivity index (χ1v) is 11.1. The number of aryl methyl sites for hydroxylation is 3. The van der Waals surface area contributed by atoms with E-state index in [4.69, 9.17) is 0 Å². The van der Waals surface area contributed by atoms with Gasteiger partial charge >= 0.3 is 0 Å². The minimum atomic E-state index is 0.0196. The highest BCUT2D eigenvalue weighted by Gasteiger charge is 2.36. The molecule has 0 saturated heterocycles. The van der Waals surface area contributed by atoms with Crippen molar-refractivity contribution in [3.05, 3.63) is 59.0 Å². The second-order valence-corrected chi connectivity index (χ2v) is 8.92. The van der Waals surface area contributed by atoms with E-state index in [0.29, 0.717) is 26.2 Å².